The molecule has 2 amide bonds. The lowest BCUT2D eigenvalue weighted by atomic mass is 10.0. The molecule has 1 atom stereocenters. The minimum absolute atomic E-state index is 0.00277. The SMILES string of the molecule is Cc1cccc(CN2CCC(NC(=O)CC(C)NC(=O)c3ccccc3)CC2)c1. The maximum Gasteiger partial charge on any atom is 0.251 e. The van der Waals surface area contributed by atoms with Crippen LogP contribution in [-0.2, 0) is 11.3 Å². The number of likely N-dealkylation sites (tertiary alicyclic amines) is 1. The van der Waals surface area contributed by atoms with Crippen LogP contribution in [0.15, 0.2) is 54.6 Å². The summed E-state index contributed by atoms with van der Waals surface area (Å²) in [5.74, 6) is -0.140. The van der Waals surface area contributed by atoms with E-state index in [-0.39, 0.29) is 23.9 Å². The number of rotatable bonds is 7. The number of carbonyl (C=O) groups is 2. The highest BCUT2D eigenvalue weighted by Crippen LogP contribution is 2.15. The van der Waals surface area contributed by atoms with Crippen LogP contribution < -0.4 is 10.6 Å². The smallest absolute Gasteiger partial charge is 0.251 e. The second-order valence-electron chi connectivity index (χ2n) is 8.05. The number of nitrogens with one attached hydrogen (secondary N) is 2. The minimum Gasteiger partial charge on any atom is -0.353 e. The maximum atomic E-state index is 12.4. The molecule has 1 heterocycles. The molecule has 5 heteroatoms. The molecule has 3 rings (SSSR count). The summed E-state index contributed by atoms with van der Waals surface area (Å²) in [4.78, 5) is 27.0. The van der Waals surface area contributed by atoms with Crippen LogP contribution in [0.25, 0.3) is 0 Å². The van der Waals surface area contributed by atoms with E-state index in [1.54, 1.807) is 12.1 Å². The fraction of sp³-hybridized carbons (Fsp3) is 0.417. The Morgan fingerprint density at radius 1 is 1.07 bits per heavy atom. The van der Waals surface area contributed by atoms with E-state index >= 15 is 0 Å². The summed E-state index contributed by atoms with van der Waals surface area (Å²) in [6.07, 6.45) is 2.21. The quantitative estimate of drug-likeness (QED) is 0.759. The van der Waals surface area contributed by atoms with E-state index < -0.39 is 0 Å². The molecule has 0 radical (unpaired) electrons. The fourth-order valence-electron chi connectivity index (χ4n) is 3.82. The normalized spacial score (nSPS) is 16.2. The Hall–Kier alpha value is -2.66. The third kappa shape index (κ3) is 6.71. The molecule has 0 aromatic heterocycles. The number of aryl methyl sites for hydroxylation is 1. The summed E-state index contributed by atoms with van der Waals surface area (Å²) < 4.78 is 0. The van der Waals surface area contributed by atoms with Gasteiger partial charge in [0, 0.05) is 43.7 Å². The van der Waals surface area contributed by atoms with Crippen molar-refractivity contribution in [3.8, 4) is 0 Å². The Kier molecular flexibility index (Phi) is 7.42. The van der Waals surface area contributed by atoms with Gasteiger partial charge in [-0.05, 0) is 44.4 Å². The van der Waals surface area contributed by atoms with Crippen LogP contribution in [0.4, 0.5) is 0 Å². The Morgan fingerprint density at radius 2 is 1.79 bits per heavy atom. The first-order valence-electron chi connectivity index (χ1n) is 10.4. The zero-order valence-corrected chi connectivity index (χ0v) is 17.4. The lowest BCUT2D eigenvalue weighted by Gasteiger charge is -2.32. The first-order valence-corrected chi connectivity index (χ1v) is 10.4. The Bertz CT molecular complexity index is 814. The number of piperidine rings is 1. The van der Waals surface area contributed by atoms with Crippen LogP contribution in [0, 0.1) is 6.92 Å². The minimum atomic E-state index is -0.205. The number of hydrogen-bond donors (Lipinski definition) is 2. The molecule has 154 valence electrons. The van der Waals surface area contributed by atoms with Crippen molar-refractivity contribution in [2.75, 3.05) is 13.1 Å². The Labute approximate surface area is 173 Å². The van der Waals surface area contributed by atoms with Crippen molar-refractivity contribution in [2.45, 2.75) is 51.7 Å². The molecule has 1 saturated heterocycles. The summed E-state index contributed by atoms with van der Waals surface area (Å²) in [5, 5.41) is 6.03. The topological polar surface area (TPSA) is 61.4 Å². The Balaban J connectivity index is 1.37. The van der Waals surface area contributed by atoms with Gasteiger partial charge in [0.15, 0.2) is 0 Å². The highest BCUT2D eigenvalue weighted by molar-refractivity contribution is 5.94. The molecule has 2 aromatic carbocycles. The number of nitrogens with zero attached hydrogens (tertiary/aromatic N) is 1. The van der Waals surface area contributed by atoms with E-state index in [1.165, 1.54) is 11.1 Å². The second-order valence-corrected chi connectivity index (χ2v) is 8.05. The van der Waals surface area contributed by atoms with Crippen molar-refractivity contribution in [3.05, 3.63) is 71.3 Å². The molecule has 0 aliphatic carbocycles. The van der Waals surface area contributed by atoms with Crippen molar-refractivity contribution >= 4 is 11.8 Å². The fourth-order valence-corrected chi connectivity index (χ4v) is 3.82. The average molecular weight is 394 g/mol. The summed E-state index contributed by atoms with van der Waals surface area (Å²) >= 11 is 0. The molecule has 1 aliphatic heterocycles. The van der Waals surface area contributed by atoms with Crippen molar-refractivity contribution < 1.29 is 9.59 Å². The third-order valence-corrected chi connectivity index (χ3v) is 5.35. The molecule has 1 aliphatic rings. The molecule has 0 spiro atoms. The van der Waals surface area contributed by atoms with E-state index in [1.807, 2.05) is 25.1 Å². The molecule has 0 bridgehead atoms. The maximum absolute atomic E-state index is 12.4. The van der Waals surface area contributed by atoms with Gasteiger partial charge < -0.3 is 10.6 Å². The standard InChI is InChI=1S/C24H31N3O2/c1-18-7-6-8-20(15-18)17-27-13-11-22(12-14-27)26-23(28)16-19(2)25-24(29)21-9-4-3-5-10-21/h3-10,15,19,22H,11-14,16-17H2,1-2H3,(H,25,29)(H,26,28). The zero-order chi connectivity index (χ0) is 20.6. The molecule has 5 nitrogen and oxygen atoms in total. The van der Waals surface area contributed by atoms with Crippen LogP contribution in [-0.4, -0.2) is 41.9 Å². The van der Waals surface area contributed by atoms with Crippen molar-refractivity contribution in [2.24, 2.45) is 0 Å². The highest BCUT2D eigenvalue weighted by atomic mass is 16.2. The van der Waals surface area contributed by atoms with Crippen LogP contribution in [0.2, 0.25) is 0 Å². The molecule has 2 N–H and O–H groups in total. The Morgan fingerprint density at radius 3 is 2.48 bits per heavy atom. The van der Waals surface area contributed by atoms with Gasteiger partial charge in [-0.2, -0.15) is 0 Å². The van der Waals surface area contributed by atoms with E-state index in [9.17, 15) is 9.59 Å². The summed E-state index contributed by atoms with van der Waals surface area (Å²) in [6.45, 7) is 6.92. The molecular weight excluding hydrogens is 362 g/mol. The monoisotopic (exact) mass is 393 g/mol. The predicted octanol–water partition coefficient (Wildman–Crippen LogP) is 3.28. The van der Waals surface area contributed by atoms with Gasteiger partial charge in [-0.25, -0.2) is 0 Å². The van der Waals surface area contributed by atoms with Crippen LogP contribution in [0.5, 0.6) is 0 Å². The van der Waals surface area contributed by atoms with Gasteiger partial charge in [-0.1, -0.05) is 48.0 Å². The number of carbonyl (C=O) groups excluding carboxylic acids is 2. The second kappa shape index (κ2) is 10.2. The largest absolute Gasteiger partial charge is 0.353 e. The number of benzene rings is 2. The van der Waals surface area contributed by atoms with Gasteiger partial charge in [-0.3, -0.25) is 14.5 Å². The first-order chi connectivity index (χ1) is 14.0. The number of hydrogen-bond acceptors (Lipinski definition) is 3. The molecule has 0 saturated carbocycles. The van der Waals surface area contributed by atoms with Gasteiger partial charge in [0.1, 0.15) is 0 Å². The zero-order valence-electron chi connectivity index (χ0n) is 17.4. The summed E-state index contributed by atoms with van der Waals surface area (Å²) in [7, 11) is 0. The van der Waals surface area contributed by atoms with E-state index in [4.69, 9.17) is 0 Å². The lowest BCUT2D eigenvalue weighted by Crippen LogP contribution is -2.46. The first kappa shape index (κ1) is 21.1. The van der Waals surface area contributed by atoms with E-state index in [0.717, 1.165) is 32.5 Å². The van der Waals surface area contributed by atoms with Crippen LogP contribution >= 0.6 is 0 Å². The third-order valence-electron chi connectivity index (χ3n) is 5.35. The van der Waals surface area contributed by atoms with Gasteiger partial charge in [0.2, 0.25) is 5.91 Å². The van der Waals surface area contributed by atoms with Crippen molar-refractivity contribution in [1.29, 1.82) is 0 Å². The molecule has 1 fully saturated rings. The average Bonchev–Trinajstić information content (AvgIpc) is 2.70. The van der Waals surface area contributed by atoms with Crippen molar-refractivity contribution in [1.82, 2.24) is 15.5 Å². The van der Waals surface area contributed by atoms with Gasteiger partial charge in [-0.15, -0.1) is 0 Å². The summed E-state index contributed by atoms with van der Waals surface area (Å²) in [5.41, 5.74) is 3.24. The number of amides is 2. The molecular formula is C24H31N3O2. The molecule has 29 heavy (non-hydrogen) atoms. The lowest BCUT2D eigenvalue weighted by molar-refractivity contribution is -0.122. The van der Waals surface area contributed by atoms with Gasteiger partial charge in [0.05, 0.1) is 0 Å². The predicted molar refractivity (Wildman–Crippen MR) is 116 cm³/mol. The van der Waals surface area contributed by atoms with Gasteiger partial charge in [0.25, 0.3) is 5.91 Å². The van der Waals surface area contributed by atoms with Gasteiger partial charge >= 0.3 is 0 Å². The highest BCUT2D eigenvalue weighted by Gasteiger charge is 2.22. The molecule has 2 aromatic rings. The van der Waals surface area contributed by atoms with Crippen LogP contribution in [0.1, 0.15) is 47.7 Å². The summed E-state index contributed by atoms with van der Waals surface area (Å²) in [6, 6.07) is 17.7. The van der Waals surface area contributed by atoms with E-state index in [2.05, 4.69) is 46.7 Å². The molecule has 1 unspecified atom stereocenters. The van der Waals surface area contributed by atoms with Crippen LogP contribution in [0.3, 0.4) is 0 Å². The van der Waals surface area contributed by atoms with Crippen molar-refractivity contribution in [3.63, 3.8) is 0 Å². The van der Waals surface area contributed by atoms with E-state index in [0.29, 0.717) is 12.0 Å².